The monoisotopic (exact) mass is 341 g/mol. The van der Waals surface area contributed by atoms with Gasteiger partial charge in [0.25, 0.3) is 5.56 Å². The van der Waals surface area contributed by atoms with Crippen molar-refractivity contribution in [2.75, 3.05) is 11.9 Å². The molecule has 0 aromatic carbocycles. The molecule has 1 aliphatic carbocycles. The molecule has 112 valence electrons. The molecule has 2 rings (SSSR count). The molecule has 1 aromatic heterocycles. The zero-order valence-electron chi connectivity index (χ0n) is 12.6. The minimum absolute atomic E-state index is 0.0518. The molecule has 0 spiro atoms. The van der Waals surface area contributed by atoms with Crippen LogP contribution in [0.2, 0.25) is 0 Å². The Kier molecular flexibility index (Phi) is 4.89. The normalized spacial score (nSPS) is 16.4. The van der Waals surface area contributed by atoms with Gasteiger partial charge in [0.05, 0.1) is 11.9 Å². The molecule has 0 bridgehead atoms. The van der Waals surface area contributed by atoms with Crippen molar-refractivity contribution in [1.29, 1.82) is 0 Å². The summed E-state index contributed by atoms with van der Waals surface area (Å²) in [5.74, 6) is 0.408. The van der Waals surface area contributed by atoms with Crippen LogP contribution in [-0.2, 0) is 6.54 Å². The molecule has 1 aromatic rings. The maximum Gasteiger partial charge on any atom is 0.283 e. The summed E-state index contributed by atoms with van der Waals surface area (Å²) in [6.45, 7) is 7.97. The Morgan fingerprint density at radius 2 is 2.20 bits per heavy atom. The van der Waals surface area contributed by atoms with Crippen molar-refractivity contribution < 1.29 is 0 Å². The first-order valence-corrected chi connectivity index (χ1v) is 8.26. The summed E-state index contributed by atoms with van der Waals surface area (Å²) < 4.78 is 2.12. The van der Waals surface area contributed by atoms with Gasteiger partial charge in [-0.2, -0.15) is 5.10 Å². The van der Waals surface area contributed by atoms with Crippen LogP contribution in [0.1, 0.15) is 46.5 Å². The second kappa shape index (κ2) is 6.29. The Morgan fingerprint density at radius 3 is 2.75 bits per heavy atom. The highest BCUT2D eigenvalue weighted by Gasteiger charge is 2.41. The zero-order valence-corrected chi connectivity index (χ0v) is 14.2. The molecule has 0 saturated heterocycles. The highest BCUT2D eigenvalue weighted by atomic mass is 79.9. The fraction of sp³-hybridized carbons (Fsp3) is 0.733. The molecular weight excluding hydrogens is 318 g/mol. The molecule has 1 fully saturated rings. The fourth-order valence-corrected chi connectivity index (χ4v) is 3.02. The Hall–Kier alpha value is -0.840. The third-order valence-corrected chi connectivity index (χ3v) is 4.68. The zero-order chi connectivity index (χ0) is 14.8. The van der Waals surface area contributed by atoms with E-state index >= 15 is 0 Å². The minimum atomic E-state index is -0.0518. The van der Waals surface area contributed by atoms with Crippen LogP contribution in [0.3, 0.4) is 0 Å². The van der Waals surface area contributed by atoms with Gasteiger partial charge >= 0.3 is 0 Å². The van der Waals surface area contributed by atoms with E-state index in [-0.39, 0.29) is 5.56 Å². The number of hydrogen-bond acceptors (Lipinski definition) is 3. The van der Waals surface area contributed by atoms with E-state index in [4.69, 9.17) is 0 Å². The van der Waals surface area contributed by atoms with Crippen molar-refractivity contribution in [3.05, 3.63) is 21.0 Å². The summed E-state index contributed by atoms with van der Waals surface area (Å²) in [7, 11) is 0. The van der Waals surface area contributed by atoms with Crippen molar-refractivity contribution in [2.45, 2.75) is 53.0 Å². The van der Waals surface area contributed by atoms with E-state index in [9.17, 15) is 4.79 Å². The van der Waals surface area contributed by atoms with Gasteiger partial charge in [-0.3, -0.25) is 4.79 Å². The fourth-order valence-electron chi connectivity index (χ4n) is 2.57. The summed E-state index contributed by atoms with van der Waals surface area (Å²) in [5.41, 5.74) is 1.22. The lowest BCUT2D eigenvalue weighted by Gasteiger charge is -2.17. The predicted molar refractivity (Wildman–Crippen MR) is 86.1 cm³/mol. The molecular formula is C15H24BrN3O. The maximum atomic E-state index is 12.2. The van der Waals surface area contributed by atoms with E-state index in [2.05, 4.69) is 47.1 Å². The number of halogens is 1. The molecule has 1 saturated carbocycles. The van der Waals surface area contributed by atoms with Gasteiger partial charge < -0.3 is 5.32 Å². The molecule has 1 heterocycles. The molecule has 0 amide bonds. The quantitative estimate of drug-likeness (QED) is 0.823. The first-order valence-electron chi connectivity index (χ1n) is 7.47. The third-order valence-electron chi connectivity index (χ3n) is 3.91. The lowest BCUT2D eigenvalue weighted by atomic mass is 10.0. The number of hydrogen-bond donors (Lipinski definition) is 1. The standard InChI is InChI=1S/C15H24BrN3O/c1-4-5-15(6-7-15)10-17-12-8-18-19(9-11(2)3)14(20)13(12)16/h8,11,17H,4-7,9-10H2,1-3H3. The summed E-state index contributed by atoms with van der Waals surface area (Å²) in [5, 5.41) is 7.66. The topological polar surface area (TPSA) is 46.9 Å². The Bertz CT molecular complexity index is 520. The molecule has 1 N–H and O–H groups in total. The second-order valence-electron chi connectivity index (χ2n) is 6.36. The summed E-state index contributed by atoms with van der Waals surface area (Å²) in [6, 6.07) is 0. The largest absolute Gasteiger partial charge is 0.382 e. The van der Waals surface area contributed by atoms with Gasteiger partial charge in [-0.25, -0.2) is 4.68 Å². The van der Waals surface area contributed by atoms with Crippen molar-refractivity contribution in [1.82, 2.24) is 9.78 Å². The average molecular weight is 342 g/mol. The SMILES string of the molecule is CCCC1(CNc2cnn(CC(C)C)c(=O)c2Br)CC1. The predicted octanol–water partition coefficient (Wildman–Crippen LogP) is 3.65. The van der Waals surface area contributed by atoms with Crippen LogP contribution in [0, 0.1) is 11.3 Å². The molecule has 20 heavy (non-hydrogen) atoms. The first-order chi connectivity index (χ1) is 9.47. The Morgan fingerprint density at radius 1 is 1.50 bits per heavy atom. The Balaban J connectivity index is 2.06. The van der Waals surface area contributed by atoms with Crippen molar-refractivity contribution >= 4 is 21.6 Å². The van der Waals surface area contributed by atoms with Crippen molar-refractivity contribution in [3.8, 4) is 0 Å². The molecule has 0 aliphatic heterocycles. The van der Waals surface area contributed by atoms with Crippen molar-refractivity contribution in [2.24, 2.45) is 11.3 Å². The van der Waals surface area contributed by atoms with Gasteiger partial charge in [-0.15, -0.1) is 0 Å². The van der Waals surface area contributed by atoms with Gasteiger partial charge in [0, 0.05) is 13.1 Å². The van der Waals surface area contributed by atoms with E-state index in [1.807, 2.05) is 0 Å². The van der Waals surface area contributed by atoms with Gasteiger partial charge in [0.2, 0.25) is 0 Å². The molecule has 5 heteroatoms. The van der Waals surface area contributed by atoms with E-state index in [1.165, 1.54) is 30.4 Å². The lowest BCUT2D eigenvalue weighted by Crippen LogP contribution is -2.27. The van der Waals surface area contributed by atoms with Crippen LogP contribution in [0.4, 0.5) is 5.69 Å². The first kappa shape index (κ1) is 15.5. The molecule has 0 radical (unpaired) electrons. The summed E-state index contributed by atoms with van der Waals surface area (Å²) in [6.07, 6.45) is 6.83. The van der Waals surface area contributed by atoms with Crippen LogP contribution in [0.25, 0.3) is 0 Å². The number of nitrogens with one attached hydrogen (secondary N) is 1. The van der Waals surface area contributed by atoms with Gasteiger partial charge in [0.1, 0.15) is 4.47 Å². The maximum absolute atomic E-state index is 12.2. The van der Waals surface area contributed by atoms with E-state index in [1.54, 1.807) is 6.20 Å². The minimum Gasteiger partial charge on any atom is -0.382 e. The van der Waals surface area contributed by atoms with Gasteiger partial charge in [-0.1, -0.05) is 27.2 Å². The van der Waals surface area contributed by atoms with Crippen LogP contribution in [0.15, 0.2) is 15.5 Å². The molecule has 4 nitrogen and oxygen atoms in total. The number of rotatable bonds is 7. The smallest absolute Gasteiger partial charge is 0.283 e. The van der Waals surface area contributed by atoms with Crippen LogP contribution < -0.4 is 10.9 Å². The van der Waals surface area contributed by atoms with Crippen LogP contribution in [0.5, 0.6) is 0 Å². The third kappa shape index (κ3) is 3.62. The van der Waals surface area contributed by atoms with E-state index in [0.29, 0.717) is 22.4 Å². The summed E-state index contributed by atoms with van der Waals surface area (Å²) >= 11 is 3.41. The number of anilines is 1. The molecule has 0 atom stereocenters. The number of aromatic nitrogens is 2. The average Bonchev–Trinajstić information content (AvgIpc) is 3.14. The van der Waals surface area contributed by atoms with Crippen molar-refractivity contribution in [3.63, 3.8) is 0 Å². The van der Waals surface area contributed by atoms with Gasteiger partial charge in [-0.05, 0) is 46.5 Å². The lowest BCUT2D eigenvalue weighted by molar-refractivity contribution is 0.461. The van der Waals surface area contributed by atoms with Gasteiger partial charge in [0.15, 0.2) is 0 Å². The highest BCUT2D eigenvalue weighted by Crippen LogP contribution is 2.49. The van der Waals surface area contributed by atoms with E-state index in [0.717, 1.165) is 12.2 Å². The second-order valence-corrected chi connectivity index (χ2v) is 7.15. The van der Waals surface area contributed by atoms with Crippen LogP contribution >= 0.6 is 15.9 Å². The summed E-state index contributed by atoms with van der Waals surface area (Å²) in [4.78, 5) is 12.2. The highest BCUT2D eigenvalue weighted by molar-refractivity contribution is 9.10. The molecule has 1 aliphatic rings. The number of nitrogens with zero attached hydrogens (tertiary/aromatic N) is 2. The van der Waals surface area contributed by atoms with E-state index < -0.39 is 0 Å². The molecule has 0 unspecified atom stereocenters. The Labute approximate surface area is 129 Å². The van der Waals surface area contributed by atoms with Crippen LogP contribution in [-0.4, -0.2) is 16.3 Å².